The van der Waals surface area contributed by atoms with Gasteiger partial charge in [0, 0.05) is 19.7 Å². The average Bonchev–Trinajstić information content (AvgIpc) is 2.83. The van der Waals surface area contributed by atoms with Crippen molar-refractivity contribution in [3.8, 4) is 0 Å². The van der Waals surface area contributed by atoms with Crippen LogP contribution in [0.4, 0.5) is 0 Å². The lowest BCUT2D eigenvalue weighted by Crippen LogP contribution is -2.33. The van der Waals surface area contributed by atoms with Crippen molar-refractivity contribution >= 4 is 0 Å². The van der Waals surface area contributed by atoms with Gasteiger partial charge < -0.3 is 14.2 Å². The summed E-state index contributed by atoms with van der Waals surface area (Å²) in [7, 11) is 0. The maximum atomic E-state index is 5.75. The highest BCUT2D eigenvalue weighted by Gasteiger charge is 2.46. The second-order valence-corrected chi connectivity index (χ2v) is 5.13. The zero-order valence-corrected chi connectivity index (χ0v) is 9.86. The molecular formula is C11H21NO3. The highest BCUT2D eigenvalue weighted by Crippen LogP contribution is 2.31. The summed E-state index contributed by atoms with van der Waals surface area (Å²) in [6, 6.07) is 0. The quantitative estimate of drug-likeness (QED) is 0.648. The molecule has 2 saturated heterocycles. The predicted molar refractivity (Wildman–Crippen MR) is 56.5 cm³/mol. The summed E-state index contributed by atoms with van der Waals surface area (Å²) in [5.74, 6) is 0. The van der Waals surface area contributed by atoms with Gasteiger partial charge in [-0.15, -0.1) is 0 Å². The van der Waals surface area contributed by atoms with Crippen molar-refractivity contribution in [1.29, 1.82) is 0 Å². The van der Waals surface area contributed by atoms with E-state index in [1.165, 1.54) is 0 Å². The fourth-order valence-corrected chi connectivity index (χ4v) is 1.80. The molecule has 88 valence electrons. The summed E-state index contributed by atoms with van der Waals surface area (Å²) >= 11 is 0. The van der Waals surface area contributed by atoms with Gasteiger partial charge >= 0.3 is 0 Å². The largest absolute Gasteiger partial charge is 0.380 e. The molecule has 0 amide bonds. The molecule has 0 bridgehead atoms. The van der Waals surface area contributed by atoms with Crippen molar-refractivity contribution < 1.29 is 14.2 Å². The fourth-order valence-electron chi connectivity index (χ4n) is 1.80. The monoisotopic (exact) mass is 215 g/mol. The van der Waals surface area contributed by atoms with E-state index in [2.05, 4.69) is 25.7 Å². The Kier molecular flexibility index (Phi) is 3.30. The topological polar surface area (TPSA) is 34.2 Å². The SMILES string of the molecule is CC(C)(C)OC1OC1N1CCCOCC1. The van der Waals surface area contributed by atoms with Gasteiger partial charge in [-0.3, -0.25) is 4.90 Å². The maximum Gasteiger partial charge on any atom is 0.200 e. The molecule has 0 aromatic carbocycles. The van der Waals surface area contributed by atoms with Crippen LogP contribution in [-0.2, 0) is 14.2 Å². The Hall–Kier alpha value is -0.160. The van der Waals surface area contributed by atoms with Gasteiger partial charge in [0.05, 0.1) is 12.2 Å². The first-order valence-corrected chi connectivity index (χ1v) is 5.71. The lowest BCUT2D eigenvalue weighted by Gasteiger charge is -2.20. The minimum Gasteiger partial charge on any atom is -0.380 e. The molecular weight excluding hydrogens is 194 g/mol. The molecule has 2 heterocycles. The number of ether oxygens (including phenoxy) is 3. The Bertz CT molecular complexity index is 206. The van der Waals surface area contributed by atoms with Crippen LogP contribution in [-0.4, -0.2) is 49.3 Å². The van der Waals surface area contributed by atoms with Crippen LogP contribution >= 0.6 is 0 Å². The summed E-state index contributed by atoms with van der Waals surface area (Å²) in [5.41, 5.74) is -0.123. The van der Waals surface area contributed by atoms with Gasteiger partial charge in [-0.05, 0) is 27.2 Å². The molecule has 4 nitrogen and oxygen atoms in total. The van der Waals surface area contributed by atoms with E-state index in [9.17, 15) is 0 Å². The molecule has 2 fully saturated rings. The third-order valence-electron chi connectivity index (χ3n) is 2.52. The van der Waals surface area contributed by atoms with Crippen LogP contribution in [0.3, 0.4) is 0 Å². The van der Waals surface area contributed by atoms with Gasteiger partial charge in [-0.1, -0.05) is 0 Å². The van der Waals surface area contributed by atoms with Crippen molar-refractivity contribution in [3.63, 3.8) is 0 Å². The molecule has 0 N–H and O–H groups in total. The highest BCUT2D eigenvalue weighted by molar-refractivity contribution is 4.81. The number of epoxide rings is 1. The number of rotatable bonds is 2. The van der Waals surface area contributed by atoms with Crippen LogP contribution in [0.1, 0.15) is 27.2 Å². The van der Waals surface area contributed by atoms with Gasteiger partial charge in [-0.25, -0.2) is 0 Å². The first kappa shape index (κ1) is 11.3. The zero-order valence-electron chi connectivity index (χ0n) is 9.86. The molecule has 0 aliphatic carbocycles. The summed E-state index contributed by atoms with van der Waals surface area (Å²) < 4.78 is 16.7. The number of hydrogen-bond acceptors (Lipinski definition) is 4. The molecule has 0 radical (unpaired) electrons. The van der Waals surface area contributed by atoms with Crippen molar-refractivity contribution in [1.82, 2.24) is 4.90 Å². The predicted octanol–water partition coefficient (Wildman–Crippen LogP) is 1.21. The van der Waals surface area contributed by atoms with Crippen LogP contribution in [0.15, 0.2) is 0 Å². The standard InChI is InChI=1S/C11H21NO3/c1-11(2,3)15-10-9(14-10)12-5-4-7-13-8-6-12/h9-10H,4-8H2,1-3H3. The molecule has 0 aromatic heterocycles. The number of nitrogens with zero attached hydrogens (tertiary/aromatic N) is 1. The third kappa shape index (κ3) is 3.41. The maximum absolute atomic E-state index is 5.75. The molecule has 2 aliphatic rings. The van der Waals surface area contributed by atoms with Crippen molar-refractivity contribution in [2.24, 2.45) is 0 Å². The van der Waals surface area contributed by atoms with Gasteiger partial charge in [0.15, 0.2) is 12.5 Å². The van der Waals surface area contributed by atoms with E-state index in [-0.39, 0.29) is 18.1 Å². The Morgan fingerprint density at radius 3 is 2.73 bits per heavy atom. The normalized spacial score (nSPS) is 33.8. The Balaban J connectivity index is 1.77. The minimum atomic E-state index is -0.123. The lowest BCUT2D eigenvalue weighted by molar-refractivity contribution is -0.0577. The van der Waals surface area contributed by atoms with E-state index in [1.807, 2.05) is 0 Å². The first-order valence-electron chi connectivity index (χ1n) is 5.71. The van der Waals surface area contributed by atoms with Gasteiger partial charge in [0.25, 0.3) is 0 Å². The van der Waals surface area contributed by atoms with Crippen LogP contribution in [0.2, 0.25) is 0 Å². The molecule has 4 heteroatoms. The van der Waals surface area contributed by atoms with Crippen LogP contribution in [0.5, 0.6) is 0 Å². The Morgan fingerprint density at radius 2 is 2.00 bits per heavy atom. The van der Waals surface area contributed by atoms with E-state index in [0.717, 1.165) is 32.7 Å². The molecule has 2 rings (SSSR count). The van der Waals surface area contributed by atoms with Gasteiger partial charge in [0.2, 0.25) is 0 Å². The second-order valence-electron chi connectivity index (χ2n) is 5.13. The van der Waals surface area contributed by atoms with E-state index in [1.54, 1.807) is 0 Å². The summed E-state index contributed by atoms with van der Waals surface area (Å²) in [6.07, 6.45) is 1.20. The summed E-state index contributed by atoms with van der Waals surface area (Å²) in [6.45, 7) is 9.84. The summed E-state index contributed by atoms with van der Waals surface area (Å²) in [5, 5.41) is 0. The van der Waals surface area contributed by atoms with Gasteiger partial charge in [0.1, 0.15) is 0 Å². The van der Waals surface area contributed by atoms with E-state index in [4.69, 9.17) is 14.2 Å². The molecule has 2 aliphatic heterocycles. The smallest absolute Gasteiger partial charge is 0.200 e. The molecule has 0 spiro atoms. The second kappa shape index (κ2) is 4.37. The van der Waals surface area contributed by atoms with Crippen molar-refractivity contribution in [2.45, 2.75) is 45.3 Å². The van der Waals surface area contributed by atoms with E-state index < -0.39 is 0 Å². The average molecular weight is 215 g/mol. The van der Waals surface area contributed by atoms with Crippen LogP contribution in [0.25, 0.3) is 0 Å². The zero-order chi connectivity index (χ0) is 10.9. The Labute approximate surface area is 91.5 Å². The van der Waals surface area contributed by atoms with Gasteiger partial charge in [-0.2, -0.15) is 0 Å². The molecule has 0 aromatic rings. The fraction of sp³-hybridized carbons (Fsp3) is 1.00. The number of hydrogen-bond donors (Lipinski definition) is 0. The molecule has 0 saturated carbocycles. The highest BCUT2D eigenvalue weighted by atomic mass is 16.8. The Morgan fingerprint density at radius 1 is 1.20 bits per heavy atom. The molecule has 2 unspecified atom stereocenters. The first-order chi connectivity index (χ1) is 7.06. The van der Waals surface area contributed by atoms with Crippen LogP contribution < -0.4 is 0 Å². The lowest BCUT2D eigenvalue weighted by atomic mass is 10.2. The molecule has 15 heavy (non-hydrogen) atoms. The van der Waals surface area contributed by atoms with E-state index >= 15 is 0 Å². The van der Waals surface area contributed by atoms with Crippen molar-refractivity contribution in [3.05, 3.63) is 0 Å². The van der Waals surface area contributed by atoms with Crippen LogP contribution in [0, 0.1) is 0 Å². The third-order valence-corrected chi connectivity index (χ3v) is 2.52. The summed E-state index contributed by atoms with van der Waals surface area (Å²) in [4.78, 5) is 2.31. The van der Waals surface area contributed by atoms with Crippen molar-refractivity contribution in [2.75, 3.05) is 26.3 Å². The molecule has 2 atom stereocenters. The van der Waals surface area contributed by atoms with E-state index in [0.29, 0.717) is 0 Å². The minimum absolute atomic E-state index is 0.0388.